The van der Waals surface area contributed by atoms with Crippen molar-refractivity contribution in [2.24, 2.45) is 0 Å². The van der Waals surface area contributed by atoms with E-state index in [-0.39, 0.29) is 0 Å². The van der Waals surface area contributed by atoms with Gasteiger partial charge in [0.25, 0.3) is 0 Å². The van der Waals surface area contributed by atoms with Crippen LogP contribution in [0, 0.1) is 13.8 Å². The normalized spacial score (nSPS) is 8.69. The third-order valence-corrected chi connectivity index (χ3v) is 1.48. The number of hydrogen-bond acceptors (Lipinski definition) is 0. The number of benzene rings is 1. The molecule has 0 aliphatic heterocycles. The van der Waals surface area contributed by atoms with E-state index in [2.05, 4.69) is 0 Å². The molecular weight excluding hydrogens is 264 g/mol. The Hall–Kier alpha value is 0.604. The van der Waals surface area contributed by atoms with Gasteiger partial charge < -0.3 is 5.73 Å². The summed E-state index contributed by atoms with van der Waals surface area (Å²) in [6.07, 6.45) is 0. The van der Waals surface area contributed by atoms with Gasteiger partial charge in [-0.2, -0.15) is 0 Å². The molecule has 0 saturated carbocycles. The van der Waals surface area contributed by atoms with E-state index in [1.807, 2.05) is 32.0 Å². The molecule has 0 spiro atoms. The third kappa shape index (κ3) is 6.65. The van der Waals surface area contributed by atoms with Gasteiger partial charge >= 0.3 is 42.6 Å². The molecular formula is C8H10Cl3NTi. The molecule has 0 amide bonds. The summed E-state index contributed by atoms with van der Waals surface area (Å²) >= 11 is -1.92. The molecule has 1 rings (SSSR count). The zero-order valence-electron chi connectivity index (χ0n) is 7.37. The Morgan fingerprint density at radius 2 is 1.38 bits per heavy atom. The van der Waals surface area contributed by atoms with Crippen molar-refractivity contribution in [3.63, 3.8) is 0 Å². The monoisotopic (exact) mass is 273 g/mol. The van der Waals surface area contributed by atoms with Crippen LogP contribution in [0.1, 0.15) is 11.1 Å². The van der Waals surface area contributed by atoms with E-state index >= 15 is 0 Å². The van der Waals surface area contributed by atoms with Gasteiger partial charge in [0.15, 0.2) is 0 Å². The van der Waals surface area contributed by atoms with Crippen LogP contribution in [-0.4, -0.2) is 0 Å². The predicted octanol–water partition coefficient (Wildman–Crippen LogP) is 5.05. The minimum atomic E-state index is -1.92. The second kappa shape index (κ2) is 6.97. The van der Waals surface area contributed by atoms with Crippen molar-refractivity contribution in [1.82, 2.24) is 0 Å². The van der Waals surface area contributed by atoms with Gasteiger partial charge in [-0.1, -0.05) is 29.3 Å². The second-order valence-electron chi connectivity index (χ2n) is 2.48. The summed E-state index contributed by atoms with van der Waals surface area (Å²) in [6.45, 7) is 3.91. The summed E-state index contributed by atoms with van der Waals surface area (Å²) in [5.41, 5.74) is 10.2. The fraction of sp³-hybridized carbons (Fsp3) is 0.250. The Balaban J connectivity index is 0.000000310. The van der Waals surface area contributed by atoms with Crippen LogP contribution in [0.15, 0.2) is 18.2 Å². The average molecular weight is 274 g/mol. The summed E-state index contributed by atoms with van der Waals surface area (Å²) < 4.78 is 0. The standard InChI is InChI=1S/C8H10N.3ClH.Ti/c1-6-4-3-5-7(2)8(6)9;;;;/h3-5,9H,1-2H3;3*1H;/q-1;;;;+4/p-3. The molecule has 0 aliphatic carbocycles. The van der Waals surface area contributed by atoms with E-state index < -0.39 is 14.7 Å². The summed E-state index contributed by atoms with van der Waals surface area (Å²) in [5, 5.41) is 0. The summed E-state index contributed by atoms with van der Waals surface area (Å²) in [5.74, 6) is 0. The van der Waals surface area contributed by atoms with Gasteiger partial charge in [-0.3, -0.25) is 0 Å². The quantitative estimate of drug-likeness (QED) is 0.591. The van der Waals surface area contributed by atoms with Crippen LogP contribution >= 0.6 is 27.9 Å². The van der Waals surface area contributed by atoms with Crippen LogP contribution in [-0.2, 0) is 14.7 Å². The molecule has 13 heavy (non-hydrogen) atoms. The van der Waals surface area contributed by atoms with Crippen molar-refractivity contribution >= 4 is 33.6 Å². The zero-order valence-corrected chi connectivity index (χ0v) is 11.2. The topological polar surface area (TPSA) is 23.8 Å². The van der Waals surface area contributed by atoms with Crippen LogP contribution in [0.5, 0.6) is 0 Å². The van der Waals surface area contributed by atoms with Crippen molar-refractivity contribution in [2.45, 2.75) is 13.8 Å². The first-order valence-electron chi connectivity index (χ1n) is 3.56. The first-order valence-corrected chi connectivity index (χ1v) is 10.0. The van der Waals surface area contributed by atoms with E-state index in [1.165, 1.54) is 0 Å². The molecule has 5 heteroatoms. The molecule has 0 heterocycles. The first-order chi connectivity index (χ1) is 5.95. The molecule has 0 aromatic heterocycles. The van der Waals surface area contributed by atoms with E-state index in [1.54, 1.807) is 0 Å². The van der Waals surface area contributed by atoms with Crippen molar-refractivity contribution in [2.75, 3.05) is 0 Å². The van der Waals surface area contributed by atoms with Crippen LogP contribution < -0.4 is 0 Å². The first kappa shape index (κ1) is 13.6. The fourth-order valence-electron chi connectivity index (χ4n) is 0.814. The van der Waals surface area contributed by atoms with E-state index in [9.17, 15) is 0 Å². The molecule has 72 valence electrons. The summed E-state index contributed by atoms with van der Waals surface area (Å²) in [7, 11) is 14.9. The molecule has 0 bridgehead atoms. The Bertz CT molecular complexity index is 243. The molecule has 0 unspecified atom stereocenters. The molecule has 0 radical (unpaired) electrons. The van der Waals surface area contributed by atoms with Crippen molar-refractivity contribution in [1.29, 1.82) is 0 Å². The van der Waals surface area contributed by atoms with Gasteiger partial charge in [0.1, 0.15) is 0 Å². The average Bonchev–Trinajstić information content (AvgIpc) is 1.99. The molecule has 0 aliphatic rings. The molecule has 1 aromatic carbocycles. The number of halogens is 3. The van der Waals surface area contributed by atoms with Crippen LogP contribution in [0.25, 0.3) is 5.73 Å². The minimum absolute atomic E-state index is 0.664. The Kier molecular flexibility index (Phi) is 7.29. The summed E-state index contributed by atoms with van der Waals surface area (Å²) in [6, 6.07) is 5.88. The Morgan fingerprint density at radius 1 is 1.08 bits per heavy atom. The van der Waals surface area contributed by atoms with Gasteiger partial charge in [-0.25, -0.2) is 0 Å². The van der Waals surface area contributed by atoms with Crippen LogP contribution in [0.2, 0.25) is 0 Å². The molecule has 0 atom stereocenters. The maximum atomic E-state index is 7.44. The van der Waals surface area contributed by atoms with Crippen molar-refractivity contribution in [3.05, 3.63) is 35.1 Å². The van der Waals surface area contributed by atoms with Crippen molar-refractivity contribution in [3.8, 4) is 0 Å². The molecule has 1 aromatic rings. The van der Waals surface area contributed by atoms with Gasteiger partial charge in [0, 0.05) is 0 Å². The second-order valence-corrected chi connectivity index (χ2v) is 10.2. The SMILES string of the molecule is Cc1cccc(C)c1[NH-].[Cl][Ti+]([Cl])[Cl]. The molecule has 0 saturated heterocycles. The number of rotatable bonds is 0. The molecule has 1 N–H and O–H groups in total. The fourth-order valence-corrected chi connectivity index (χ4v) is 0.814. The Labute approximate surface area is 96.6 Å². The van der Waals surface area contributed by atoms with Gasteiger partial charge in [0.05, 0.1) is 0 Å². The van der Waals surface area contributed by atoms with Crippen LogP contribution in [0.3, 0.4) is 0 Å². The molecule has 0 fully saturated rings. The maximum absolute atomic E-state index is 7.44. The molecule has 1 nitrogen and oxygen atoms in total. The van der Waals surface area contributed by atoms with Gasteiger partial charge in [0.2, 0.25) is 0 Å². The van der Waals surface area contributed by atoms with Gasteiger partial charge in [-0.15, -0.1) is 5.69 Å². The Morgan fingerprint density at radius 3 is 1.62 bits per heavy atom. The van der Waals surface area contributed by atoms with E-state index in [0.717, 1.165) is 11.1 Å². The van der Waals surface area contributed by atoms with Gasteiger partial charge in [-0.05, 0) is 13.8 Å². The predicted molar refractivity (Wildman–Crippen MR) is 57.5 cm³/mol. The van der Waals surface area contributed by atoms with E-state index in [0.29, 0.717) is 5.69 Å². The van der Waals surface area contributed by atoms with E-state index in [4.69, 9.17) is 33.6 Å². The van der Waals surface area contributed by atoms with Crippen molar-refractivity contribution < 1.29 is 14.7 Å². The number of nitrogens with one attached hydrogen (secondary N) is 1. The number of hydrogen-bond donors (Lipinski definition) is 0. The van der Waals surface area contributed by atoms with Crippen LogP contribution in [0.4, 0.5) is 5.69 Å². The third-order valence-electron chi connectivity index (χ3n) is 1.48. The summed E-state index contributed by atoms with van der Waals surface area (Å²) in [4.78, 5) is 0. The zero-order chi connectivity index (χ0) is 10.4. The number of aryl methyl sites for hydroxylation is 2.